The maximum absolute atomic E-state index is 5.52. The average molecular weight is 176 g/mol. The molecule has 70 valence electrons. The van der Waals surface area contributed by atoms with E-state index in [1.54, 1.807) is 0 Å². The highest BCUT2D eigenvalue weighted by atomic mass is 28.4. The minimum Gasteiger partial charge on any atom is -0.420 e. The van der Waals surface area contributed by atoms with Crippen LogP contribution < -0.4 is 0 Å². The van der Waals surface area contributed by atoms with Gasteiger partial charge in [-0.1, -0.05) is 34.6 Å². The first-order valence-electron chi connectivity index (χ1n) is 4.79. The summed E-state index contributed by atoms with van der Waals surface area (Å²) in [5.41, 5.74) is 0. The van der Waals surface area contributed by atoms with Gasteiger partial charge in [-0.25, -0.2) is 0 Å². The Morgan fingerprint density at radius 3 is 1.18 bits per heavy atom. The van der Waals surface area contributed by atoms with Crippen LogP contribution in [0.4, 0.5) is 0 Å². The van der Waals surface area contributed by atoms with Crippen LogP contribution in [0.1, 0.15) is 34.6 Å². The topological polar surface area (TPSA) is 9.23 Å². The predicted molar refractivity (Wildman–Crippen MR) is 55.6 cm³/mol. The molecule has 0 amide bonds. The Balaban J connectivity index is 0. The SMILES string of the molecule is CC.CC[Si](CC)(CC)OC. The highest BCUT2D eigenvalue weighted by molar-refractivity contribution is 6.73. The molecule has 0 aliphatic rings. The molecule has 0 aliphatic carbocycles. The Labute approximate surface area is 73.3 Å². The minimum absolute atomic E-state index is 1.19. The van der Waals surface area contributed by atoms with Crippen LogP contribution in [-0.2, 0) is 4.43 Å². The molecular weight excluding hydrogens is 152 g/mol. The van der Waals surface area contributed by atoms with Crippen LogP contribution >= 0.6 is 0 Å². The van der Waals surface area contributed by atoms with E-state index < -0.39 is 8.32 Å². The molecule has 0 spiro atoms. The molecule has 0 saturated carbocycles. The fraction of sp³-hybridized carbons (Fsp3) is 1.00. The van der Waals surface area contributed by atoms with Crippen molar-refractivity contribution in [2.24, 2.45) is 0 Å². The first-order valence-corrected chi connectivity index (χ1v) is 7.32. The standard InChI is InChI=1S/C7H18OSi.C2H6/c1-5-9(6-2,7-3)8-4;1-2/h5-7H2,1-4H3;1-2H3. The lowest BCUT2D eigenvalue weighted by Crippen LogP contribution is -2.33. The summed E-state index contributed by atoms with van der Waals surface area (Å²) in [6.45, 7) is 10.7. The number of rotatable bonds is 4. The van der Waals surface area contributed by atoms with E-state index in [2.05, 4.69) is 20.8 Å². The number of hydrogen-bond donors (Lipinski definition) is 0. The molecule has 0 aromatic rings. The molecule has 0 rings (SSSR count). The molecule has 0 N–H and O–H groups in total. The molecule has 0 unspecified atom stereocenters. The molecule has 0 radical (unpaired) electrons. The first-order chi connectivity index (χ1) is 5.24. The van der Waals surface area contributed by atoms with Crippen molar-refractivity contribution in [3.63, 3.8) is 0 Å². The lowest BCUT2D eigenvalue weighted by molar-refractivity contribution is 0.393. The van der Waals surface area contributed by atoms with Gasteiger partial charge < -0.3 is 4.43 Å². The maximum atomic E-state index is 5.52. The van der Waals surface area contributed by atoms with E-state index in [0.29, 0.717) is 0 Å². The normalized spacial score (nSPS) is 10.4. The largest absolute Gasteiger partial charge is 0.420 e. The van der Waals surface area contributed by atoms with E-state index >= 15 is 0 Å². The fourth-order valence-corrected chi connectivity index (χ4v) is 3.55. The molecule has 2 heteroatoms. The van der Waals surface area contributed by atoms with Crippen LogP contribution in [0.3, 0.4) is 0 Å². The van der Waals surface area contributed by atoms with Crippen LogP contribution in [0.15, 0.2) is 0 Å². The molecule has 11 heavy (non-hydrogen) atoms. The van der Waals surface area contributed by atoms with Crippen molar-refractivity contribution in [1.82, 2.24) is 0 Å². The van der Waals surface area contributed by atoms with E-state index in [1.165, 1.54) is 18.1 Å². The maximum Gasteiger partial charge on any atom is 0.191 e. The molecule has 0 saturated heterocycles. The predicted octanol–water partition coefficient (Wildman–Crippen LogP) is 3.66. The van der Waals surface area contributed by atoms with Gasteiger partial charge in [-0.3, -0.25) is 0 Å². The second kappa shape index (κ2) is 8.28. The lowest BCUT2D eigenvalue weighted by atomic mass is 10.9. The first kappa shape index (κ1) is 13.7. The van der Waals surface area contributed by atoms with E-state index in [-0.39, 0.29) is 0 Å². The van der Waals surface area contributed by atoms with E-state index in [0.717, 1.165) is 0 Å². The van der Waals surface area contributed by atoms with Gasteiger partial charge in [0, 0.05) is 7.11 Å². The Morgan fingerprint density at radius 1 is 0.909 bits per heavy atom. The van der Waals surface area contributed by atoms with E-state index in [4.69, 9.17) is 4.43 Å². The smallest absolute Gasteiger partial charge is 0.191 e. The van der Waals surface area contributed by atoms with Crippen LogP contribution in [0.5, 0.6) is 0 Å². The van der Waals surface area contributed by atoms with E-state index in [9.17, 15) is 0 Å². The zero-order chi connectivity index (χ0) is 9.33. The van der Waals surface area contributed by atoms with Gasteiger partial charge >= 0.3 is 0 Å². The van der Waals surface area contributed by atoms with Gasteiger partial charge in [0.25, 0.3) is 0 Å². The summed E-state index contributed by atoms with van der Waals surface area (Å²) < 4.78 is 5.52. The van der Waals surface area contributed by atoms with Crippen molar-refractivity contribution in [2.45, 2.75) is 52.8 Å². The highest BCUT2D eigenvalue weighted by Gasteiger charge is 2.26. The zero-order valence-corrected chi connectivity index (χ0v) is 10.0. The molecule has 0 aromatic heterocycles. The molecule has 0 fully saturated rings. The monoisotopic (exact) mass is 176 g/mol. The second-order valence-corrected chi connectivity index (χ2v) is 7.34. The summed E-state index contributed by atoms with van der Waals surface area (Å²) in [6, 6.07) is 3.78. The van der Waals surface area contributed by atoms with E-state index in [1.807, 2.05) is 21.0 Å². The summed E-state index contributed by atoms with van der Waals surface area (Å²) in [7, 11) is 0.672. The van der Waals surface area contributed by atoms with Crippen LogP contribution in [-0.4, -0.2) is 15.4 Å². The summed E-state index contributed by atoms with van der Waals surface area (Å²) in [4.78, 5) is 0. The van der Waals surface area contributed by atoms with Crippen molar-refractivity contribution in [1.29, 1.82) is 0 Å². The fourth-order valence-electron chi connectivity index (χ4n) is 1.18. The summed E-state index contributed by atoms with van der Waals surface area (Å²) in [5.74, 6) is 0. The molecule has 0 heterocycles. The summed E-state index contributed by atoms with van der Waals surface area (Å²) >= 11 is 0. The Morgan fingerprint density at radius 2 is 1.18 bits per heavy atom. The summed E-state index contributed by atoms with van der Waals surface area (Å²) in [6.07, 6.45) is 0. The molecule has 0 atom stereocenters. The van der Waals surface area contributed by atoms with Crippen LogP contribution in [0.25, 0.3) is 0 Å². The quantitative estimate of drug-likeness (QED) is 0.594. The van der Waals surface area contributed by atoms with Gasteiger partial charge in [0.05, 0.1) is 0 Å². The van der Waals surface area contributed by atoms with Gasteiger partial charge in [-0.15, -0.1) is 0 Å². The van der Waals surface area contributed by atoms with Gasteiger partial charge in [0.2, 0.25) is 0 Å². The zero-order valence-electron chi connectivity index (χ0n) is 9.03. The van der Waals surface area contributed by atoms with Crippen molar-refractivity contribution in [3.8, 4) is 0 Å². The Hall–Kier alpha value is 0.177. The van der Waals surface area contributed by atoms with Crippen molar-refractivity contribution in [3.05, 3.63) is 0 Å². The van der Waals surface area contributed by atoms with Crippen LogP contribution in [0.2, 0.25) is 18.1 Å². The summed E-state index contributed by atoms with van der Waals surface area (Å²) in [5, 5.41) is 0. The van der Waals surface area contributed by atoms with Gasteiger partial charge in [0.15, 0.2) is 8.32 Å². The van der Waals surface area contributed by atoms with Crippen molar-refractivity contribution in [2.75, 3.05) is 7.11 Å². The minimum atomic E-state index is -1.19. The lowest BCUT2D eigenvalue weighted by Gasteiger charge is -2.24. The van der Waals surface area contributed by atoms with Gasteiger partial charge in [-0.05, 0) is 18.1 Å². The average Bonchev–Trinajstić information content (AvgIpc) is 2.13. The Kier molecular flexibility index (Phi) is 10.3. The highest BCUT2D eigenvalue weighted by Crippen LogP contribution is 2.19. The molecule has 0 bridgehead atoms. The molecule has 1 nitrogen and oxygen atoms in total. The van der Waals surface area contributed by atoms with Gasteiger partial charge in [0.1, 0.15) is 0 Å². The Bertz CT molecular complexity index is 52.5. The number of hydrogen-bond acceptors (Lipinski definition) is 1. The molecule has 0 aliphatic heterocycles. The molecular formula is C9H24OSi. The molecule has 0 aromatic carbocycles. The van der Waals surface area contributed by atoms with Crippen LogP contribution in [0, 0.1) is 0 Å². The van der Waals surface area contributed by atoms with Crippen molar-refractivity contribution < 1.29 is 4.43 Å². The second-order valence-electron chi connectivity index (χ2n) is 2.45. The van der Waals surface area contributed by atoms with Crippen molar-refractivity contribution >= 4 is 8.32 Å². The third kappa shape index (κ3) is 4.59. The third-order valence-electron chi connectivity index (χ3n) is 2.37. The third-order valence-corrected chi connectivity index (χ3v) is 7.10. The van der Waals surface area contributed by atoms with Gasteiger partial charge in [-0.2, -0.15) is 0 Å².